The fraction of sp³-hybridized carbons (Fsp3) is 0.842. The van der Waals surface area contributed by atoms with Crippen LogP contribution in [0.2, 0.25) is 0 Å². The number of hydrogen-bond donors (Lipinski definition) is 6. The zero-order valence-electron chi connectivity index (χ0n) is 65.2. The van der Waals surface area contributed by atoms with Crippen molar-refractivity contribution in [1.29, 1.82) is 0 Å². The topological polar surface area (TPSA) is 317 Å². The molecule has 5 rings (SSSR count). The maximum Gasteiger partial charge on any atom is 0.248 e. The quantitative estimate of drug-likeness (QED) is 0.108. The number of aliphatic hydroxyl groups excluding tert-OH is 1. The van der Waals surface area contributed by atoms with E-state index in [0.717, 1.165) is 108 Å². The van der Waals surface area contributed by atoms with Gasteiger partial charge in [0, 0.05) is 55.4 Å². The lowest BCUT2D eigenvalue weighted by atomic mass is 9.83. The molecule has 12 amide bonds. The molecule has 580 valence electrons. The standard InChI is InChI=1S/C76H132N12O14/c1-47(2)38-55-71(97)85(15)59(40-49(5)6)69(95)81-65(51(8)89)75(101)82(12)45-64(91)83(13)58(39-48(3)4)66(92)80-57(46-102-76(9,10)11)72(98)87(17)62(43-54-34-26-20-27-35-54)74(100)86(16)61(42-53-32-24-19-25-33-53)68(94)79-56(73(99)88-36-28-21-29-37-88)44-63(90)77-50(7)70(96)84(14)60(67(93)78-55)41-52-30-22-18-23-31-52/h47-62,65,89H,18-46H2,1-17H3,(H,77,90)(H,78,93)(H,79,94)(H,80,92)(H,81,95)/t50-,51+,55-,56-,57-,58-,59-,60-,61-,62-,65-/m0/s1. The van der Waals surface area contributed by atoms with Crippen LogP contribution in [0.25, 0.3) is 0 Å². The Labute approximate surface area is 609 Å². The van der Waals surface area contributed by atoms with Gasteiger partial charge in [0.25, 0.3) is 0 Å². The van der Waals surface area contributed by atoms with E-state index in [2.05, 4.69) is 26.6 Å². The third kappa shape index (κ3) is 26.0. The highest BCUT2D eigenvalue weighted by atomic mass is 16.5. The van der Waals surface area contributed by atoms with E-state index >= 15 is 28.8 Å². The van der Waals surface area contributed by atoms with Crippen LogP contribution in [0.15, 0.2) is 0 Å². The summed E-state index contributed by atoms with van der Waals surface area (Å²) in [6.07, 6.45) is 14.5. The van der Waals surface area contributed by atoms with Crippen molar-refractivity contribution < 1.29 is 67.4 Å². The van der Waals surface area contributed by atoms with E-state index in [1.807, 2.05) is 41.5 Å². The molecule has 0 spiro atoms. The number of carbonyl (C=O) groups excluding carboxylic acids is 12. The predicted molar refractivity (Wildman–Crippen MR) is 390 cm³/mol. The van der Waals surface area contributed by atoms with E-state index in [-0.39, 0.29) is 80.6 Å². The lowest BCUT2D eigenvalue weighted by molar-refractivity contribution is -0.152. The molecule has 0 bridgehead atoms. The molecule has 5 fully saturated rings. The van der Waals surface area contributed by atoms with E-state index in [1.54, 1.807) is 25.7 Å². The van der Waals surface area contributed by atoms with Crippen LogP contribution in [0.1, 0.15) is 237 Å². The molecular weight excluding hydrogens is 1300 g/mol. The summed E-state index contributed by atoms with van der Waals surface area (Å²) in [5, 5.41) is 25.6. The summed E-state index contributed by atoms with van der Waals surface area (Å²) in [6, 6.07) is -12.9. The number of nitrogens with zero attached hydrogens (tertiary/aromatic N) is 7. The first-order valence-corrected chi connectivity index (χ1v) is 38.6. The lowest BCUT2D eigenvalue weighted by Crippen LogP contribution is -2.62. The maximum atomic E-state index is 15.9. The van der Waals surface area contributed by atoms with Crippen LogP contribution < -0.4 is 26.6 Å². The van der Waals surface area contributed by atoms with E-state index < -0.39 is 156 Å². The van der Waals surface area contributed by atoms with Gasteiger partial charge in [-0.05, 0) is 128 Å². The van der Waals surface area contributed by atoms with Gasteiger partial charge in [-0.15, -0.1) is 0 Å². The van der Waals surface area contributed by atoms with Gasteiger partial charge < -0.3 is 70.7 Å². The van der Waals surface area contributed by atoms with Gasteiger partial charge in [0.15, 0.2) is 0 Å². The highest BCUT2D eigenvalue weighted by molar-refractivity contribution is 6.00. The van der Waals surface area contributed by atoms with Crippen molar-refractivity contribution in [3.8, 4) is 0 Å². The number of carbonyl (C=O) groups is 12. The van der Waals surface area contributed by atoms with Crippen molar-refractivity contribution in [3.05, 3.63) is 0 Å². The molecule has 2 saturated heterocycles. The van der Waals surface area contributed by atoms with Crippen LogP contribution in [0.5, 0.6) is 0 Å². The van der Waals surface area contributed by atoms with Gasteiger partial charge in [0.1, 0.15) is 60.4 Å². The molecule has 102 heavy (non-hydrogen) atoms. The van der Waals surface area contributed by atoms with Crippen molar-refractivity contribution in [2.75, 3.05) is 68.5 Å². The van der Waals surface area contributed by atoms with Crippen molar-refractivity contribution in [2.45, 2.75) is 309 Å². The molecule has 0 unspecified atom stereocenters. The zero-order valence-corrected chi connectivity index (χ0v) is 65.2. The molecular formula is C76H132N12O14. The smallest absolute Gasteiger partial charge is 0.248 e. The minimum absolute atomic E-state index is 0.00630. The fourth-order valence-electron chi connectivity index (χ4n) is 15.5. The first-order valence-electron chi connectivity index (χ1n) is 38.6. The second-order valence-electron chi connectivity index (χ2n) is 32.9. The summed E-state index contributed by atoms with van der Waals surface area (Å²) >= 11 is 0. The Balaban J connectivity index is 1.68. The number of nitrogens with one attached hydrogen (secondary N) is 5. The number of piperidine rings is 1. The number of amides is 12. The molecule has 0 aromatic heterocycles. The molecule has 26 heteroatoms. The van der Waals surface area contributed by atoms with Gasteiger partial charge in [0.2, 0.25) is 70.9 Å². The van der Waals surface area contributed by atoms with Crippen molar-refractivity contribution in [2.24, 2.45) is 35.5 Å². The minimum Gasteiger partial charge on any atom is -0.391 e. The van der Waals surface area contributed by atoms with E-state index in [0.29, 0.717) is 25.9 Å². The molecule has 2 heterocycles. The highest BCUT2D eigenvalue weighted by Crippen LogP contribution is 2.34. The second kappa shape index (κ2) is 40.7. The third-order valence-electron chi connectivity index (χ3n) is 21.7. The largest absolute Gasteiger partial charge is 0.391 e. The lowest BCUT2D eigenvalue weighted by Gasteiger charge is -2.39. The summed E-state index contributed by atoms with van der Waals surface area (Å²) in [5.74, 6) is -8.60. The van der Waals surface area contributed by atoms with Crippen molar-refractivity contribution in [3.63, 3.8) is 0 Å². The first-order chi connectivity index (χ1) is 47.9. The van der Waals surface area contributed by atoms with Gasteiger partial charge in [-0.2, -0.15) is 0 Å². The predicted octanol–water partition coefficient (Wildman–Crippen LogP) is 5.69. The molecule has 0 radical (unpaired) electrons. The van der Waals surface area contributed by atoms with E-state index in [9.17, 15) is 33.9 Å². The zero-order chi connectivity index (χ0) is 76.0. The number of likely N-dealkylation sites (N-methyl/N-ethyl adjacent to an activating group) is 6. The monoisotopic (exact) mass is 1440 g/mol. The maximum absolute atomic E-state index is 15.9. The summed E-state index contributed by atoms with van der Waals surface area (Å²) < 4.78 is 6.27. The number of ether oxygens (including phenoxy) is 1. The normalized spacial score (nSPS) is 28.2. The van der Waals surface area contributed by atoms with Crippen molar-refractivity contribution >= 4 is 70.9 Å². The Morgan fingerprint density at radius 2 is 0.853 bits per heavy atom. The second-order valence-corrected chi connectivity index (χ2v) is 32.9. The van der Waals surface area contributed by atoms with E-state index in [1.165, 1.54) is 80.6 Å². The van der Waals surface area contributed by atoms with Gasteiger partial charge in [-0.25, -0.2) is 0 Å². The number of aliphatic hydroxyl groups is 1. The van der Waals surface area contributed by atoms with Gasteiger partial charge in [-0.1, -0.05) is 138 Å². The van der Waals surface area contributed by atoms with E-state index in [4.69, 9.17) is 4.74 Å². The average molecular weight is 1440 g/mol. The molecule has 0 aromatic rings. The SMILES string of the molecule is CC(C)C[C@@H]1NC(=O)[C@H](CC2CCCCC2)N(C)C(=O)[C@H](C)NC(=O)C[C@@H](C(=O)N2CCCCC2)NC(=O)[C@H](CC2CCCCC2)N(C)C(=O)[C@H](CC2CCCCC2)N(C)C(=O)[C@H](COC(C)(C)C)NC(=O)[C@H](CC(C)C)N(C)C(=O)CN(C)C(=O)[C@H]([C@@H](C)O)NC(=O)[C@H](CC(C)C)N(C)C1=O. The molecule has 6 N–H and O–H groups in total. The molecule has 2 aliphatic heterocycles. The van der Waals surface area contributed by atoms with Crippen LogP contribution in [0.4, 0.5) is 0 Å². The summed E-state index contributed by atoms with van der Waals surface area (Å²) in [7, 11) is 8.69. The Morgan fingerprint density at radius 1 is 0.461 bits per heavy atom. The van der Waals surface area contributed by atoms with Gasteiger partial charge >= 0.3 is 0 Å². The Bertz CT molecular complexity index is 2810. The third-order valence-corrected chi connectivity index (χ3v) is 21.7. The Kier molecular flexibility index (Phi) is 34.4. The fourth-order valence-corrected chi connectivity index (χ4v) is 15.5. The molecule has 11 atom stereocenters. The average Bonchev–Trinajstić information content (AvgIpc) is 0.817. The summed E-state index contributed by atoms with van der Waals surface area (Å²) in [4.78, 5) is 190. The van der Waals surface area contributed by atoms with Crippen molar-refractivity contribution in [1.82, 2.24) is 60.9 Å². The molecule has 3 saturated carbocycles. The molecule has 26 nitrogen and oxygen atoms in total. The van der Waals surface area contributed by atoms with Crippen LogP contribution in [-0.2, 0) is 62.3 Å². The van der Waals surface area contributed by atoms with Crippen LogP contribution in [-0.4, -0.2) is 251 Å². The first kappa shape index (κ1) is 86.2. The Hall–Kier alpha value is -6.44. The summed E-state index contributed by atoms with van der Waals surface area (Å²) in [6.45, 7) is 19.1. The molecule has 5 aliphatic rings. The molecule has 0 aromatic carbocycles. The van der Waals surface area contributed by atoms with Crippen LogP contribution in [0, 0.1) is 35.5 Å². The molecule has 3 aliphatic carbocycles. The van der Waals surface area contributed by atoms with Gasteiger partial charge in [-0.3, -0.25) is 57.5 Å². The minimum atomic E-state index is -1.63. The van der Waals surface area contributed by atoms with Crippen LogP contribution >= 0.6 is 0 Å². The number of rotatable bonds is 16. The Morgan fingerprint density at radius 3 is 1.32 bits per heavy atom. The van der Waals surface area contributed by atoms with Crippen LogP contribution in [0.3, 0.4) is 0 Å². The van der Waals surface area contributed by atoms with Gasteiger partial charge in [0.05, 0.1) is 31.3 Å². The number of hydrogen-bond acceptors (Lipinski definition) is 14. The highest BCUT2D eigenvalue weighted by Gasteiger charge is 2.45. The number of likely N-dealkylation sites (tertiary alicyclic amines) is 1. The summed E-state index contributed by atoms with van der Waals surface area (Å²) in [5.41, 5.74) is -0.827.